The average Bonchev–Trinajstić information content (AvgIpc) is 2.96. The first-order valence-electron chi connectivity index (χ1n) is 18.3. The first-order valence-corrected chi connectivity index (χ1v) is 19.8. The summed E-state index contributed by atoms with van der Waals surface area (Å²) in [5, 5.41) is 9.88. The van der Waals surface area contributed by atoms with Gasteiger partial charge in [0.05, 0.1) is 27.7 Å². The molecule has 0 heterocycles. The van der Waals surface area contributed by atoms with Crippen molar-refractivity contribution in [1.29, 1.82) is 0 Å². The molecule has 0 aromatic carbocycles. The Labute approximate surface area is 272 Å². The van der Waals surface area contributed by atoms with E-state index in [0.29, 0.717) is 17.4 Å². The molecule has 0 bridgehead atoms. The molecule has 2 atom stereocenters. The molecule has 0 aromatic heterocycles. The lowest BCUT2D eigenvalue weighted by Gasteiger charge is -2.24. The van der Waals surface area contributed by atoms with Gasteiger partial charge in [-0.05, 0) is 6.42 Å². The third-order valence-electron chi connectivity index (χ3n) is 8.12. The number of nitrogens with zero attached hydrogens (tertiary/aromatic N) is 1. The number of likely N-dealkylation sites (N-methyl/N-ethyl adjacent to an activating group) is 1. The van der Waals surface area contributed by atoms with Crippen molar-refractivity contribution < 1.29 is 37.6 Å². The maximum absolute atomic E-state index is 11.9. The van der Waals surface area contributed by atoms with E-state index in [4.69, 9.17) is 13.8 Å². The molecule has 0 rings (SSSR count). The van der Waals surface area contributed by atoms with E-state index < -0.39 is 20.5 Å². The summed E-state index contributed by atoms with van der Waals surface area (Å²) in [4.78, 5) is 21.6. The molecular formula is C35H73NO7P+. The van der Waals surface area contributed by atoms with Gasteiger partial charge in [0.2, 0.25) is 0 Å². The van der Waals surface area contributed by atoms with E-state index in [1.165, 1.54) is 135 Å². The van der Waals surface area contributed by atoms with Crippen molar-refractivity contribution in [1.82, 2.24) is 0 Å². The molecule has 8 nitrogen and oxygen atoms in total. The van der Waals surface area contributed by atoms with Gasteiger partial charge >= 0.3 is 13.8 Å². The minimum absolute atomic E-state index is 0.0575. The quantitative estimate of drug-likeness (QED) is 0.0309. The summed E-state index contributed by atoms with van der Waals surface area (Å²) in [6.45, 7) is 2.17. The fourth-order valence-corrected chi connectivity index (χ4v) is 5.94. The largest absolute Gasteiger partial charge is 0.472 e. The van der Waals surface area contributed by atoms with E-state index in [2.05, 4.69) is 6.92 Å². The Hall–Kier alpha value is -0.500. The number of ether oxygens (including phenoxy) is 1. The standard InChI is InChI=1S/C35H72NO7P/c1-5-6-7-8-9-10-11-12-13-14-15-16-17-18-19-20-21-22-23-24-25-26-27-28-29-35(38)41-32-34(37)33-43-44(39,40)42-31-30-36(2,3)4/h34,37H,5-33H2,1-4H3/p+1. The minimum Gasteiger partial charge on any atom is -0.463 e. The normalized spacial score (nSPS) is 14.0. The summed E-state index contributed by atoms with van der Waals surface area (Å²) < 4.78 is 27.2. The van der Waals surface area contributed by atoms with Crippen LogP contribution in [0.25, 0.3) is 0 Å². The van der Waals surface area contributed by atoms with Gasteiger partial charge in [-0.15, -0.1) is 0 Å². The highest BCUT2D eigenvalue weighted by molar-refractivity contribution is 7.47. The van der Waals surface area contributed by atoms with Crippen molar-refractivity contribution in [2.75, 3.05) is 47.5 Å². The third-order valence-corrected chi connectivity index (χ3v) is 9.10. The molecular weight excluding hydrogens is 577 g/mol. The number of phosphoric ester groups is 1. The molecule has 2 N–H and O–H groups in total. The highest BCUT2D eigenvalue weighted by Crippen LogP contribution is 2.43. The Balaban J connectivity index is 3.37. The molecule has 0 aliphatic heterocycles. The van der Waals surface area contributed by atoms with E-state index in [1.807, 2.05) is 21.1 Å². The molecule has 2 unspecified atom stereocenters. The lowest BCUT2D eigenvalue weighted by Crippen LogP contribution is -2.37. The second-order valence-electron chi connectivity index (χ2n) is 13.8. The number of rotatable bonds is 34. The minimum atomic E-state index is -4.24. The molecule has 0 fully saturated rings. The lowest BCUT2D eigenvalue weighted by molar-refractivity contribution is -0.870. The first kappa shape index (κ1) is 43.5. The molecule has 0 amide bonds. The zero-order chi connectivity index (χ0) is 32.8. The number of hydrogen-bond donors (Lipinski definition) is 2. The van der Waals surface area contributed by atoms with Crippen molar-refractivity contribution >= 4 is 13.8 Å². The van der Waals surface area contributed by atoms with Crippen LogP contribution in [0.1, 0.15) is 167 Å². The fraction of sp³-hybridized carbons (Fsp3) is 0.971. The fourth-order valence-electron chi connectivity index (χ4n) is 5.19. The molecule has 0 saturated heterocycles. The second-order valence-corrected chi connectivity index (χ2v) is 15.3. The monoisotopic (exact) mass is 651 g/mol. The Morgan fingerprint density at radius 1 is 0.614 bits per heavy atom. The summed E-state index contributed by atoms with van der Waals surface area (Å²) >= 11 is 0. The number of quaternary nitrogens is 1. The topological polar surface area (TPSA) is 102 Å². The van der Waals surface area contributed by atoms with Crippen LogP contribution >= 0.6 is 7.82 Å². The maximum Gasteiger partial charge on any atom is 0.472 e. The molecule has 0 aromatic rings. The van der Waals surface area contributed by atoms with Gasteiger partial charge in [-0.1, -0.05) is 155 Å². The van der Waals surface area contributed by atoms with E-state index in [-0.39, 0.29) is 19.2 Å². The molecule has 0 aliphatic rings. The zero-order valence-corrected chi connectivity index (χ0v) is 30.3. The Kier molecular flexibility index (Phi) is 29.5. The van der Waals surface area contributed by atoms with Gasteiger partial charge in [0.25, 0.3) is 0 Å². The Morgan fingerprint density at radius 2 is 0.977 bits per heavy atom. The Morgan fingerprint density at radius 3 is 1.34 bits per heavy atom. The van der Waals surface area contributed by atoms with Crippen molar-refractivity contribution in [3.8, 4) is 0 Å². The van der Waals surface area contributed by atoms with Crippen LogP contribution in [-0.4, -0.2) is 74.1 Å². The Bertz CT molecular complexity index is 686. The number of carbonyl (C=O) groups is 1. The third kappa shape index (κ3) is 34.4. The molecule has 0 aliphatic carbocycles. The number of hydrogen-bond acceptors (Lipinski definition) is 6. The second kappa shape index (κ2) is 29.9. The predicted molar refractivity (Wildman–Crippen MR) is 183 cm³/mol. The van der Waals surface area contributed by atoms with Crippen molar-refractivity contribution in [3.05, 3.63) is 0 Å². The number of phosphoric acid groups is 1. The zero-order valence-electron chi connectivity index (χ0n) is 29.4. The number of unbranched alkanes of at least 4 members (excludes halogenated alkanes) is 23. The number of aliphatic hydroxyl groups excluding tert-OH is 1. The molecule has 0 spiro atoms. The average molecular weight is 651 g/mol. The van der Waals surface area contributed by atoms with Crippen LogP contribution in [0.2, 0.25) is 0 Å². The van der Waals surface area contributed by atoms with Gasteiger partial charge in [0, 0.05) is 6.42 Å². The van der Waals surface area contributed by atoms with Gasteiger partial charge in [-0.3, -0.25) is 13.8 Å². The summed E-state index contributed by atoms with van der Waals surface area (Å²) in [6, 6.07) is 0. The van der Waals surface area contributed by atoms with Crippen LogP contribution < -0.4 is 0 Å². The van der Waals surface area contributed by atoms with Crippen molar-refractivity contribution in [2.24, 2.45) is 0 Å². The predicted octanol–water partition coefficient (Wildman–Crippen LogP) is 9.50. The van der Waals surface area contributed by atoms with Crippen LogP contribution in [0.15, 0.2) is 0 Å². The van der Waals surface area contributed by atoms with Crippen LogP contribution in [0.4, 0.5) is 0 Å². The molecule has 264 valence electrons. The number of esters is 1. The maximum atomic E-state index is 11.9. The van der Waals surface area contributed by atoms with E-state index in [0.717, 1.165) is 19.3 Å². The summed E-state index contributed by atoms with van der Waals surface area (Å²) in [5.74, 6) is -0.366. The summed E-state index contributed by atoms with van der Waals surface area (Å²) in [6.07, 6.45) is 31.3. The smallest absolute Gasteiger partial charge is 0.463 e. The van der Waals surface area contributed by atoms with Crippen LogP contribution in [0, 0.1) is 0 Å². The van der Waals surface area contributed by atoms with Crippen LogP contribution in [0.5, 0.6) is 0 Å². The van der Waals surface area contributed by atoms with Gasteiger partial charge in [-0.25, -0.2) is 4.57 Å². The lowest BCUT2D eigenvalue weighted by atomic mass is 10.0. The number of aliphatic hydroxyl groups is 1. The van der Waals surface area contributed by atoms with Crippen molar-refractivity contribution in [3.63, 3.8) is 0 Å². The van der Waals surface area contributed by atoms with Gasteiger partial charge in [0.1, 0.15) is 25.9 Å². The molecule has 44 heavy (non-hydrogen) atoms. The van der Waals surface area contributed by atoms with E-state index >= 15 is 0 Å². The van der Waals surface area contributed by atoms with E-state index in [1.54, 1.807) is 0 Å². The van der Waals surface area contributed by atoms with Gasteiger partial charge < -0.3 is 19.2 Å². The molecule has 0 radical (unpaired) electrons. The van der Waals surface area contributed by atoms with Gasteiger partial charge in [0.15, 0.2) is 0 Å². The summed E-state index contributed by atoms with van der Waals surface area (Å²) in [7, 11) is 1.57. The van der Waals surface area contributed by atoms with Crippen molar-refractivity contribution in [2.45, 2.75) is 174 Å². The molecule has 0 saturated carbocycles. The number of carbonyl (C=O) groups excluding carboxylic acids is 1. The highest BCUT2D eigenvalue weighted by Gasteiger charge is 2.24. The van der Waals surface area contributed by atoms with Crippen LogP contribution in [-0.2, 0) is 23.1 Å². The molecule has 9 heteroatoms. The van der Waals surface area contributed by atoms with Crippen LogP contribution in [0.3, 0.4) is 0 Å². The van der Waals surface area contributed by atoms with Gasteiger partial charge in [-0.2, -0.15) is 0 Å². The first-order chi connectivity index (χ1) is 21.1. The highest BCUT2D eigenvalue weighted by atomic mass is 31.2. The SMILES string of the molecule is CCCCCCCCCCCCCCCCCCCCCCCCCCC(=O)OCC(O)COP(=O)(O)OCC[N+](C)(C)C. The van der Waals surface area contributed by atoms with E-state index in [9.17, 15) is 19.4 Å². The summed E-state index contributed by atoms with van der Waals surface area (Å²) in [5.41, 5.74) is 0.